The molecule has 5 heteroatoms. The van der Waals surface area contributed by atoms with Gasteiger partial charge in [0, 0.05) is 24.7 Å². The van der Waals surface area contributed by atoms with Gasteiger partial charge in [0.25, 0.3) is 0 Å². The lowest BCUT2D eigenvalue weighted by atomic mass is 10.3. The third kappa shape index (κ3) is 3.35. The highest BCUT2D eigenvalue weighted by Gasteiger charge is 2.02. The number of benzene rings is 1. The summed E-state index contributed by atoms with van der Waals surface area (Å²) in [6, 6.07) is 9.01. The molecule has 0 saturated carbocycles. The lowest BCUT2D eigenvalue weighted by Crippen LogP contribution is -2.05. The molecule has 0 atom stereocenters. The summed E-state index contributed by atoms with van der Waals surface area (Å²) in [6.07, 6.45) is 0. The standard InChI is InChI=1S/C13H14N2O3/c1-9-6-12(15-18-9)8-17-13-5-3-4-11(7-13)14-10(2)16/h3-7H,8H2,1-2H3,(H,14,16). The maximum absolute atomic E-state index is 10.9. The zero-order valence-electron chi connectivity index (χ0n) is 10.3. The SMILES string of the molecule is CC(=O)Nc1cccc(OCc2cc(C)on2)c1. The Balaban J connectivity index is 1.98. The minimum Gasteiger partial charge on any atom is -0.487 e. The summed E-state index contributed by atoms with van der Waals surface area (Å²) < 4.78 is 10.5. The van der Waals surface area contributed by atoms with Crippen LogP contribution in [0.25, 0.3) is 0 Å². The van der Waals surface area contributed by atoms with Crippen molar-refractivity contribution in [3.63, 3.8) is 0 Å². The molecule has 1 aromatic carbocycles. The number of carbonyl (C=O) groups is 1. The van der Waals surface area contributed by atoms with E-state index in [0.717, 1.165) is 11.5 Å². The highest BCUT2D eigenvalue weighted by Crippen LogP contribution is 2.18. The summed E-state index contributed by atoms with van der Waals surface area (Å²) in [5.74, 6) is 1.31. The van der Waals surface area contributed by atoms with Crippen LogP contribution in [0.3, 0.4) is 0 Å². The van der Waals surface area contributed by atoms with Crippen molar-refractivity contribution in [2.24, 2.45) is 0 Å². The Labute approximate surface area is 105 Å². The van der Waals surface area contributed by atoms with Crippen LogP contribution in [0.2, 0.25) is 0 Å². The second-order valence-electron chi connectivity index (χ2n) is 3.93. The third-order valence-electron chi connectivity index (χ3n) is 2.22. The first-order valence-corrected chi connectivity index (χ1v) is 5.56. The van der Waals surface area contributed by atoms with Gasteiger partial charge in [-0.15, -0.1) is 0 Å². The molecule has 5 nitrogen and oxygen atoms in total. The molecule has 0 bridgehead atoms. The predicted molar refractivity (Wildman–Crippen MR) is 66.3 cm³/mol. The van der Waals surface area contributed by atoms with Crippen molar-refractivity contribution in [1.29, 1.82) is 0 Å². The Bertz CT molecular complexity index is 549. The monoisotopic (exact) mass is 246 g/mol. The first-order valence-electron chi connectivity index (χ1n) is 5.56. The van der Waals surface area contributed by atoms with Crippen molar-refractivity contribution in [3.8, 4) is 5.75 Å². The molecule has 1 N–H and O–H groups in total. The van der Waals surface area contributed by atoms with Gasteiger partial charge in [-0.25, -0.2) is 0 Å². The van der Waals surface area contributed by atoms with Crippen molar-refractivity contribution in [2.45, 2.75) is 20.5 Å². The Morgan fingerprint density at radius 2 is 2.28 bits per heavy atom. The highest BCUT2D eigenvalue weighted by molar-refractivity contribution is 5.88. The Kier molecular flexibility index (Phi) is 3.62. The number of rotatable bonds is 4. The van der Waals surface area contributed by atoms with Gasteiger partial charge >= 0.3 is 0 Å². The average molecular weight is 246 g/mol. The van der Waals surface area contributed by atoms with E-state index < -0.39 is 0 Å². The molecule has 0 radical (unpaired) electrons. The fourth-order valence-corrected chi connectivity index (χ4v) is 1.51. The quantitative estimate of drug-likeness (QED) is 0.900. The molecule has 0 saturated heterocycles. The molecule has 0 fully saturated rings. The molecule has 1 heterocycles. The summed E-state index contributed by atoms with van der Waals surface area (Å²) in [6.45, 7) is 3.63. The number of anilines is 1. The second kappa shape index (κ2) is 5.35. The van der Waals surface area contributed by atoms with Gasteiger partial charge in [0.2, 0.25) is 5.91 Å². The minimum absolute atomic E-state index is 0.112. The Hall–Kier alpha value is -2.30. The molecule has 18 heavy (non-hydrogen) atoms. The number of amides is 1. The predicted octanol–water partition coefficient (Wildman–Crippen LogP) is 2.52. The summed E-state index contributed by atoms with van der Waals surface area (Å²) in [7, 11) is 0. The Morgan fingerprint density at radius 3 is 2.94 bits per heavy atom. The topological polar surface area (TPSA) is 64.4 Å². The molecule has 0 aliphatic heterocycles. The molecule has 1 amide bonds. The van der Waals surface area contributed by atoms with E-state index in [2.05, 4.69) is 10.5 Å². The van der Waals surface area contributed by atoms with Gasteiger partial charge in [-0.2, -0.15) is 0 Å². The van der Waals surface area contributed by atoms with Crippen LogP contribution in [-0.4, -0.2) is 11.1 Å². The zero-order valence-corrected chi connectivity index (χ0v) is 10.3. The highest BCUT2D eigenvalue weighted by atomic mass is 16.5. The molecular weight excluding hydrogens is 232 g/mol. The lowest BCUT2D eigenvalue weighted by Gasteiger charge is -2.06. The number of nitrogens with one attached hydrogen (secondary N) is 1. The largest absolute Gasteiger partial charge is 0.487 e. The number of nitrogens with zero attached hydrogens (tertiary/aromatic N) is 1. The van der Waals surface area contributed by atoms with Gasteiger partial charge in [-0.05, 0) is 19.1 Å². The van der Waals surface area contributed by atoms with E-state index in [0.29, 0.717) is 18.0 Å². The number of aromatic nitrogens is 1. The van der Waals surface area contributed by atoms with Gasteiger partial charge < -0.3 is 14.6 Å². The van der Waals surface area contributed by atoms with Crippen LogP contribution in [0.1, 0.15) is 18.4 Å². The summed E-state index contributed by atoms with van der Waals surface area (Å²) in [5, 5.41) is 6.53. The van der Waals surface area contributed by atoms with Crippen molar-refractivity contribution in [3.05, 3.63) is 41.8 Å². The first kappa shape index (κ1) is 12.2. The zero-order chi connectivity index (χ0) is 13.0. The third-order valence-corrected chi connectivity index (χ3v) is 2.22. The van der Waals surface area contributed by atoms with Crippen molar-refractivity contribution >= 4 is 11.6 Å². The Morgan fingerprint density at radius 1 is 1.44 bits per heavy atom. The molecule has 0 aliphatic carbocycles. The van der Waals surface area contributed by atoms with Gasteiger partial charge in [0.1, 0.15) is 23.8 Å². The molecule has 2 rings (SSSR count). The first-order chi connectivity index (χ1) is 8.63. The van der Waals surface area contributed by atoms with Crippen molar-refractivity contribution < 1.29 is 14.1 Å². The van der Waals surface area contributed by atoms with Crippen LogP contribution in [0.4, 0.5) is 5.69 Å². The summed E-state index contributed by atoms with van der Waals surface area (Å²) >= 11 is 0. The lowest BCUT2D eigenvalue weighted by molar-refractivity contribution is -0.114. The van der Waals surface area contributed by atoms with E-state index in [1.165, 1.54) is 6.92 Å². The molecule has 94 valence electrons. The molecule has 2 aromatic rings. The number of hydrogen-bond acceptors (Lipinski definition) is 4. The van der Waals surface area contributed by atoms with E-state index in [4.69, 9.17) is 9.26 Å². The maximum Gasteiger partial charge on any atom is 0.221 e. The maximum atomic E-state index is 10.9. The molecule has 0 spiro atoms. The fourth-order valence-electron chi connectivity index (χ4n) is 1.51. The van der Waals surface area contributed by atoms with Gasteiger partial charge in [-0.3, -0.25) is 4.79 Å². The summed E-state index contributed by atoms with van der Waals surface area (Å²) in [4.78, 5) is 10.9. The van der Waals surface area contributed by atoms with Crippen molar-refractivity contribution in [1.82, 2.24) is 5.16 Å². The van der Waals surface area contributed by atoms with Crippen LogP contribution >= 0.6 is 0 Å². The summed E-state index contributed by atoms with van der Waals surface area (Å²) in [5.41, 5.74) is 1.44. The van der Waals surface area contributed by atoms with E-state index in [1.807, 2.05) is 25.1 Å². The molecular formula is C13H14N2O3. The van der Waals surface area contributed by atoms with Crippen LogP contribution in [0.5, 0.6) is 5.75 Å². The van der Waals surface area contributed by atoms with Gasteiger partial charge in [0.05, 0.1) is 0 Å². The second-order valence-corrected chi connectivity index (χ2v) is 3.93. The van der Waals surface area contributed by atoms with E-state index in [9.17, 15) is 4.79 Å². The van der Waals surface area contributed by atoms with Crippen LogP contribution < -0.4 is 10.1 Å². The molecule has 1 aromatic heterocycles. The average Bonchev–Trinajstić information content (AvgIpc) is 2.72. The number of carbonyl (C=O) groups excluding carboxylic acids is 1. The molecule has 0 unspecified atom stereocenters. The molecule has 0 aliphatic rings. The van der Waals surface area contributed by atoms with Gasteiger partial charge in [0.15, 0.2) is 0 Å². The van der Waals surface area contributed by atoms with Crippen molar-refractivity contribution in [2.75, 3.05) is 5.32 Å². The number of aryl methyl sites for hydroxylation is 1. The van der Waals surface area contributed by atoms with E-state index >= 15 is 0 Å². The number of ether oxygens (including phenoxy) is 1. The van der Waals surface area contributed by atoms with Crippen LogP contribution in [0, 0.1) is 6.92 Å². The van der Waals surface area contributed by atoms with Crippen LogP contribution in [-0.2, 0) is 11.4 Å². The van der Waals surface area contributed by atoms with E-state index in [1.54, 1.807) is 12.1 Å². The van der Waals surface area contributed by atoms with Crippen LogP contribution in [0.15, 0.2) is 34.9 Å². The van der Waals surface area contributed by atoms with Gasteiger partial charge in [-0.1, -0.05) is 11.2 Å². The fraction of sp³-hybridized carbons (Fsp3) is 0.231. The minimum atomic E-state index is -0.112. The smallest absolute Gasteiger partial charge is 0.221 e. The van der Waals surface area contributed by atoms with E-state index in [-0.39, 0.29) is 5.91 Å². The number of hydrogen-bond donors (Lipinski definition) is 1. The normalized spacial score (nSPS) is 10.1.